The fourth-order valence-corrected chi connectivity index (χ4v) is 3.38. The topological polar surface area (TPSA) is 55.2 Å². The SMILES string of the molecule is CC(C)N(Cc1cccc(Cl)c1)C(=O)c1nn(C(C)C)c(=O)c2ccccc12. The van der Waals surface area contributed by atoms with Crippen LogP contribution in [0.15, 0.2) is 53.3 Å². The van der Waals surface area contributed by atoms with E-state index in [4.69, 9.17) is 11.6 Å². The number of hydrogen-bond acceptors (Lipinski definition) is 3. The third-order valence-corrected chi connectivity index (χ3v) is 4.88. The summed E-state index contributed by atoms with van der Waals surface area (Å²) in [5, 5.41) is 6.16. The van der Waals surface area contributed by atoms with Gasteiger partial charge in [-0.05, 0) is 51.5 Å². The minimum absolute atomic E-state index is 0.0496. The van der Waals surface area contributed by atoms with E-state index in [0.29, 0.717) is 28.0 Å². The Kier molecular flexibility index (Phi) is 5.84. The van der Waals surface area contributed by atoms with E-state index in [2.05, 4.69) is 5.10 Å². The molecule has 28 heavy (non-hydrogen) atoms. The molecule has 0 fully saturated rings. The highest BCUT2D eigenvalue weighted by molar-refractivity contribution is 6.30. The molecular formula is C22H24ClN3O2. The van der Waals surface area contributed by atoms with Crippen LogP contribution in [0, 0.1) is 0 Å². The first-order valence-electron chi connectivity index (χ1n) is 9.36. The number of amides is 1. The number of rotatable bonds is 5. The normalized spacial score (nSPS) is 11.4. The standard InChI is InChI=1S/C22H24ClN3O2/c1-14(2)25(13-16-8-7-9-17(23)12-16)22(28)20-18-10-5-6-11-19(18)21(27)26(24-20)15(3)4/h5-12,14-15H,13H2,1-4H3. The van der Waals surface area contributed by atoms with Crippen LogP contribution < -0.4 is 5.56 Å². The zero-order chi connectivity index (χ0) is 20.4. The second-order valence-electron chi connectivity index (χ2n) is 7.39. The largest absolute Gasteiger partial charge is 0.330 e. The first-order chi connectivity index (χ1) is 13.3. The van der Waals surface area contributed by atoms with Gasteiger partial charge in [-0.25, -0.2) is 4.68 Å². The Labute approximate surface area is 169 Å². The van der Waals surface area contributed by atoms with Crippen molar-refractivity contribution in [1.29, 1.82) is 0 Å². The molecule has 2 aromatic carbocycles. The van der Waals surface area contributed by atoms with Crippen molar-refractivity contribution < 1.29 is 4.79 Å². The Bertz CT molecular complexity index is 1070. The molecule has 0 radical (unpaired) electrons. The lowest BCUT2D eigenvalue weighted by Gasteiger charge is -2.27. The molecule has 1 amide bonds. The minimum atomic E-state index is -0.208. The lowest BCUT2D eigenvalue weighted by Crippen LogP contribution is -2.38. The maximum atomic E-state index is 13.5. The first kappa shape index (κ1) is 20.1. The fraction of sp³-hybridized carbons (Fsp3) is 0.318. The summed E-state index contributed by atoms with van der Waals surface area (Å²) in [4.78, 5) is 28.0. The summed E-state index contributed by atoms with van der Waals surface area (Å²) in [6.45, 7) is 8.09. The van der Waals surface area contributed by atoms with Crippen LogP contribution in [0.2, 0.25) is 5.02 Å². The third-order valence-electron chi connectivity index (χ3n) is 4.65. The highest BCUT2D eigenvalue weighted by atomic mass is 35.5. The quantitative estimate of drug-likeness (QED) is 0.628. The summed E-state index contributed by atoms with van der Waals surface area (Å²) in [6.07, 6.45) is 0. The van der Waals surface area contributed by atoms with Gasteiger partial charge in [0.05, 0.1) is 11.4 Å². The number of carbonyl (C=O) groups is 1. The number of halogens is 1. The molecule has 0 saturated carbocycles. The molecular weight excluding hydrogens is 374 g/mol. The monoisotopic (exact) mass is 397 g/mol. The van der Waals surface area contributed by atoms with Crippen molar-refractivity contribution in [1.82, 2.24) is 14.7 Å². The number of benzene rings is 2. The van der Waals surface area contributed by atoms with Crippen molar-refractivity contribution in [3.63, 3.8) is 0 Å². The molecule has 0 bridgehead atoms. The van der Waals surface area contributed by atoms with Gasteiger partial charge in [-0.2, -0.15) is 5.10 Å². The molecule has 0 saturated heterocycles. The molecule has 0 aliphatic rings. The number of carbonyl (C=O) groups excluding carboxylic acids is 1. The molecule has 3 rings (SSSR count). The van der Waals surface area contributed by atoms with Crippen LogP contribution in [0.5, 0.6) is 0 Å². The lowest BCUT2D eigenvalue weighted by molar-refractivity contribution is 0.0683. The zero-order valence-electron chi connectivity index (χ0n) is 16.5. The van der Waals surface area contributed by atoms with Gasteiger partial charge in [-0.15, -0.1) is 0 Å². The Morgan fingerprint density at radius 3 is 2.36 bits per heavy atom. The molecule has 6 heteroatoms. The summed E-state index contributed by atoms with van der Waals surface area (Å²) in [5.74, 6) is -0.208. The second kappa shape index (κ2) is 8.15. The maximum Gasteiger partial charge on any atom is 0.275 e. The molecule has 1 aromatic heterocycles. The van der Waals surface area contributed by atoms with E-state index in [0.717, 1.165) is 5.56 Å². The van der Waals surface area contributed by atoms with Crippen LogP contribution >= 0.6 is 11.6 Å². The van der Waals surface area contributed by atoms with Crippen molar-refractivity contribution >= 4 is 28.3 Å². The number of aromatic nitrogens is 2. The van der Waals surface area contributed by atoms with Gasteiger partial charge in [0.25, 0.3) is 11.5 Å². The van der Waals surface area contributed by atoms with Gasteiger partial charge >= 0.3 is 0 Å². The van der Waals surface area contributed by atoms with E-state index < -0.39 is 0 Å². The molecule has 0 aliphatic heterocycles. The molecule has 0 spiro atoms. The van der Waals surface area contributed by atoms with Gasteiger partial charge in [-0.3, -0.25) is 9.59 Å². The minimum Gasteiger partial charge on any atom is -0.330 e. The van der Waals surface area contributed by atoms with Gasteiger partial charge in [0.15, 0.2) is 5.69 Å². The molecule has 3 aromatic rings. The zero-order valence-corrected chi connectivity index (χ0v) is 17.3. The molecule has 0 unspecified atom stereocenters. The average Bonchev–Trinajstić information content (AvgIpc) is 2.65. The van der Waals surface area contributed by atoms with Crippen LogP contribution in [0.4, 0.5) is 0 Å². The average molecular weight is 398 g/mol. The predicted molar refractivity (Wildman–Crippen MR) is 113 cm³/mol. The van der Waals surface area contributed by atoms with Crippen LogP contribution in [0.1, 0.15) is 49.8 Å². The molecule has 1 heterocycles. The van der Waals surface area contributed by atoms with Gasteiger partial charge in [0.1, 0.15) is 0 Å². The first-order valence-corrected chi connectivity index (χ1v) is 9.74. The van der Waals surface area contributed by atoms with Crippen molar-refractivity contribution in [2.75, 3.05) is 0 Å². The second-order valence-corrected chi connectivity index (χ2v) is 7.83. The number of hydrogen-bond donors (Lipinski definition) is 0. The van der Waals surface area contributed by atoms with E-state index in [1.807, 2.05) is 52.0 Å². The summed E-state index contributed by atoms with van der Waals surface area (Å²) in [7, 11) is 0. The lowest BCUT2D eigenvalue weighted by atomic mass is 10.1. The van der Waals surface area contributed by atoms with Crippen molar-refractivity contribution in [2.24, 2.45) is 0 Å². The smallest absolute Gasteiger partial charge is 0.275 e. The molecule has 0 N–H and O–H groups in total. The number of fused-ring (bicyclic) bond motifs is 1. The highest BCUT2D eigenvalue weighted by Crippen LogP contribution is 2.20. The van der Waals surface area contributed by atoms with E-state index in [-0.39, 0.29) is 23.6 Å². The van der Waals surface area contributed by atoms with E-state index in [9.17, 15) is 9.59 Å². The molecule has 0 atom stereocenters. The molecule has 146 valence electrons. The Morgan fingerprint density at radius 1 is 1.07 bits per heavy atom. The van der Waals surface area contributed by atoms with Crippen molar-refractivity contribution in [3.8, 4) is 0 Å². The summed E-state index contributed by atoms with van der Waals surface area (Å²) in [5.41, 5.74) is 1.05. The summed E-state index contributed by atoms with van der Waals surface area (Å²) >= 11 is 6.10. The van der Waals surface area contributed by atoms with Gasteiger partial charge in [0, 0.05) is 23.0 Å². The third kappa shape index (κ3) is 3.94. The van der Waals surface area contributed by atoms with Gasteiger partial charge < -0.3 is 4.90 Å². The number of nitrogens with zero attached hydrogens (tertiary/aromatic N) is 3. The maximum absolute atomic E-state index is 13.5. The van der Waals surface area contributed by atoms with Crippen molar-refractivity contribution in [2.45, 2.75) is 46.3 Å². The Hall–Kier alpha value is -2.66. The fourth-order valence-electron chi connectivity index (χ4n) is 3.17. The summed E-state index contributed by atoms with van der Waals surface area (Å²) < 4.78 is 1.38. The van der Waals surface area contributed by atoms with Gasteiger partial charge in [-0.1, -0.05) is 41.9 Å². The van der Waals surface area contributed by atoms with E-state index >= 15 is 0 Å². The molecule has 5 nitrogen and oxygen atoms in total. The van der Waals surface area contributed by atoms with Crippen LogP contribution in [-0.4, -0.2) is 26.6 Å². The highest BCUT2D eigenvalue weighted by Gasteiger charge is 2.25. The summed E-state index contributed by atoms with van der Waals surface area (Å²) in [6, 6.07) is 14.4. The van der Waals surface area contributed by atoms with E-state index in [1.54, 1.807) is 29.2 Å². The van der Waals surface area contributed by atoms with Crippen LogP contribution in [0.3, 0.4) is 0 Å². The molecule has 0 aliphatic carbocycles. The predicted octanol–water partition coefficient (Wildman–Crippen LogP) is 4.68. The van der Waals surface area contributed by atoms with E-state index in [1.165, 1.54) is 4.68 Å². The van der Waals surface area contributed by atoms with Crippen LogP contribution in [0.25, 0.3) is 10.8 Å². The van der Waals surface area contributed by atoms with Crippen LogP contribution in [-0.2, 0) is 6.54 Å². The Balaban J connectivity index is 2.12. The van der Waals surface area contributed by atoms with Crippen molar-refractivity contribution in [3.05, 3.63) is 75.2 Å². The Morgan fingerprint density at radius 2 is 1.75 bits per heavy atom. The van der Waals surface area contributed by atoms with Gasteiger partial charge in [0.2, 0.25) is 0 Å².